The lowest BCUT2D eigenvalue weighted by Gasteiger charge is -2.31. The summed E-state index contributed by atoms with van der Waals surface area (Å²) >= 11 is 0. The molecule has 0 radical (unpaired) electrons. The van der Waals surface area contributed by atoms with Gasteiger partial charge < -0.3 is 20.7 Å². The molecule has 1 aromatic carbocycles. The first-order valence-corrected chi connectivity index (χ1v) is 6.65. The van der Waals surface area contributed by atoms with Gasteiger partial charge in [-0.25, -0.2) is 0 Å². The molecule has 1 saturated heterocycles. The number of hydrogen-bond donors (Lipinski definition) is 2. The first kappa shape index (κ1) is 13.7. The number of hydrogen-bond acceptors (Lipinski definition) is 4. The van der Waals surface area contributed by atoms with Crippen LogP contribution < -0.4 is 20.7 Å². The molecule has 1 aliphatic rings. The fourth-order valence-electron chi connectivity index (χ4n) is 2.48. The molecule has 1 aliphatic heterocycles. The number of ether oxygens (including phenoxy) is 1. The van der Waals surface area contributed by atoms with Crippen LogP contribution in [0.5, 0.6) is 5.75 Å². The topological polar surface area (TPSA) is 67.6 Å². The van der Waals surface area contributed by atoms with E-state index < -0.39 is 0 Å². The molecule has 1 aromatic rings. The molecule has 5 nitrogen and oxygen atoms in total. The van der Waals surface area contributed by atoms with Gasteiger partial charge >= 0.3 is 0 Å². The van der Waals surface area contributed by atoms with E-state index in [1.165, 1.54) is 0 Å². The Labute approximate surface area is 113 Å². The molecule has 0 aliphatic carbocycles. The Hall–Kier alpha value is -1.75. The molecule has 5 heteroatoms. The van der Waals surface area contributed by atoms with E-state index in [4.69, 9.17) is 10.5 Å². The molecule has 0 spiro atoms. The van der Waals surface area contributed by atoms with Crippen molar-refractivity contribution in [2.24, 2.45) is 5.73 Å². The smallest absolute Gasteiger partial charge is 0.242 e. The quantitative estimate of drug-likeness (QED) is 0.841. The highest BCUT2D eigenvalue weighted by Gasteiger charge is 2.28. The van der Waals surface area contributed by atoms with Gasteiger partial charge in [0.15, 0.2) is 0 Å². The van der Waals surface area contributed by atoms with Crippen LogP contribution in [0.1, 0.15) is 12.8 Å². The molecule has 2 rings (SSSR count). The average molecular weight is 263 g/mol. The van der Waals surface area contributed by atoms with Crippen LogP contribution in [-0.2, 0) is 4.79 Å². The Morgan fingerprint density at radius 1 is 1.47 bits per heavy atom. The van der Waals surface area contributed by atoms with E-state index in [1.54, 1.807) is 7.11 Å². The summed E-state index contributed by atoms with van der Waals surface area (Å²) in [5, 5.41) is 2.94. The fourth-order valence-corrected chi connectivity index (χ4v) is 2.48. The summed E-state index contributed by atoms with van der Waals surface area (Å²) in [4.78, 5) is 14.2. The highest BCUT2D eigenvalue weighted by Crippen LogP contribution is 2.30. The monoisotopic (exact) mass is 263 g/mol. The largest absolute Gasteiger partial charge is 0.495 e. The minimum absolute atomic E-state index is 0.0499. The summed E-state index contributed by atoms with van der Waals surface area (Å²) in [5.41, 5.74) is 6.60. The predicted octanol–water partition coefficient (Wildman–Crippen LogP) is 0.739. The molecule has 0 aromatic heterocycles. The van der Waals surface area contributed by atoms with Crippen LogP contribution in [0.25, 0.3) is 0 Å². The van der Waals surface area contributed by atoms with E-state index in [0.29, 0.717) is 19.5 Å². The zero-order chi connectivity index (χ0) is 13.7. The van der Waals surface area contributed by atoms with Crippen LogP contribution in [-0.4, -0.2) is 38.7 Å². The predicted molar refractivity (Wildman–Crippen MR) is 75.4 cm³/mol. The summed E-state index contributed by atoms with van der Waals surface area (Å²) in [5.74, 6) is 0.841. The molecule has 104 valence electrons. The van der Waals surface area contributed by atoms with Crippen LogP contribution in [0.4, 0.5) is 5.69 Å². The van der Waals surface area contributed by atoms with Gasteiger partial charge in [-0.15, -0.1) is 0 Å². The second-order valence-electron chi connectivity index (χ2n) is 4.60. The van der Waals surface area contributed by atoms with E-state index in [2.05, 4.69) is 10.2 Å². The number of amides is 1. The molecular formula is C14H21N3O2. The summed E-state index contributed by atoms with van der Waals surface area (Å²) in [6, 6.07) is 7.57. The second-order valence-corrected chi connectivity index (χ2v) is 4.60. The van der Waals surface area contributed by atoms with Crippen molar-refractivity contribution in [3.05, 3.63) is 24.3 Å². The minimum Gasteiger partial charge on any atom is -0.495 e. The molecule has 0 bridgehead atoms. The Bertz CT molecular complexity index is 436. The van der Waals surface area contributed by atoms with E-state index in [9.17, 15) is 4.79 Å². The van der Waals surface area contributed by atoms with Crippen molar-refractivity contribution in [1.29, 1.82) is 0 Å². The Morgan fingerprint density at radius 3 is 3.00 bits per heavy atom. The summed E-state index contributed by atoms with van der Waals surface area (Å²) in [7, 11) is 1.65. The van der Waals surface area contributed by atoms with E-state index >= 15 is 0 Å². The number of nitrogens with one attached hydrogen (secondary N) is 1. The number of anilines is 1. The molecule has 1 amide bonds. The number of nitrogens with zero attached hydrogens (tertiary/aromatic N) is 1. The molecule has 1 atom stereocenters. The van der Waals surface area contributed by atoms with Crippen LogP contribution in [0.15, 0.2) is 24.3 Å². The van der Waals surface area contributed by atoms with Crippen LogP contribution >= 0.6 is 0 Å². The van der Waals surface area contributed by atoms with Crippen LogP contribution in [0, 0.1) is 0 Å². The van der Waals surface area contributed by atoms with Crippen molar-refractivity contribution in [1.82, 2.24) is 5.32 Å². The Morgan fingerprint density at radius 2 is 2.26 bits per heavy atom. The number of methoxy groups -OCH3 is 1. The van der Waals surface area contributed by atoms with Crippen LogP contribution in [0.3, 0.4) is 0 Å². The fraction of sp³-hybridized carbons (Fsp3) is 0.500. The lowest BCUT2D eigenvalue weighted by Crippen LogP contribution is -2.45. The molecule has 1 unspecified atom stereocenters. The van der Waals surface area contributed by atoms with Gasteiger partial charge in [0, 0.05) is 13.1 Å². The van der Waals surface area contributed by atoms with Crippen LogP contribution in [0.2, 0.25) is 0 Å². The highest BCUT2D eigenvalue weighted by atomic mass is 16.5. The van der Waals surface area contributed by atoms with Crippen molar-refractivity contribution >= 4 is 11.6 Å². The first-order chi connectivity index (χ1) is 9.27. The zero-order valence-corrected chi connectivity index (χ0v) is 11.3. The molecule has 3 N–H and O–H groups in total. The third kappa shape index (κ3) is 2.98. The van der Waals surface area contributed by atoms with Gasteiger partial charge in [-0.1, -0.05) is 12.1 Å². The molecule has 1 heterocycles. The van der Waals surface area contributed by atoms with Crippen molar-refractivity contribution in [2.45, 2.75) is 18.9 Å². The summed E-state index contributed by atoms with van der Waals surface area (Å²) in [6.45, 7) is 2.03. The van der Waals surface area contributed by atoms with Crippen molar-refractivity contribution in [3.8, 4) is 5.75 Å². The lowest BCUT2D eigenvalue weighted by atomic mass is 10.1. The molecule has 19 heavy (non-hydrogen) atoms. The highest BCUT2D eigenvalue weighted by molar-refractivity contribution is 5.86. The minimum atomic E-state index is -0.219. The average Bonchev–Trinajstić information content (AvgIpc) is 2.62. The SMILES string of the molecule is COc1ccccc1N1CCCNC(=O)C1CCN. The van der Waals surface area contributed by atoms with Gasteiger partial charge in [0.05, 0.1) is 12.8 Å². The van der Waals surface area contributed by atoms with Crippen molar-refractivity contribution < 1.29 is 9.53 Å². The zero-order valence-electron chi connectivity index (χ0n) is 11.3. The van der Waals surface area contributed by atoms with E-state index in [1.807, 2.05) is 24.3 Å². The second kappa shape index (κ2) is 6.43. The summed E-state index contributed by atoms with van der Waals surface area (Å²) < 4.78 is 5.40. The van der Waals surface area contributed by atoms with E-state index in [-0.39, 0.29) is 11.9 Å². The standard InChI is InChI=1S/C14H21N3O2/c1-19-13-6-3-2-5-11(13)17-10-4-9-16-14(18)12(17)7-8-15/h2-3,5-6,12H,4,7-10,15H2,1H3,(H,16,18). The molecular weight excluding hydrogens is 242 g/mol. The number of carbonyl (C=O) groups excluding carboxylic acids is 1. The lowest BCUT2D eigenvalue weighted by molar-refractivity contribution is -0.122. The van der Waals surface area contributed by atoms with Gasteiger partial charge in [-0.2, -0.15) is 0 Å². The van der Waals surface area contributed by atoms with Gasteiger partial charge in [0.2, 0.25) is 5.91 Å². The van der Waals surface area contributed by atoms with Crippen molar-refractivity contribution in [2.75, 3.05) is 31.6 Å². The maximum absolute atomic E-state index is 12.1. The molecule has 0 saturated carbocycles. The number of carbonyl (C=O) groups is 1. The van der Waals surface area contributed by atoms with Crippen molar-refractivity contribution in [3.63, 3.8) is 0 Å². The Balaban J connectivity index is 2.34. The number of para-hydroxylation sites is 2. The number of nitrogens with two attached hydrogens (primary N) is 1. The number of benzene rings is 1. The van der Waals surface area contributed by atoms with E-state index in [0.717, 1.165) is 24.4 Å². The number of rotatable bonds is 4. The van der Waals surface area contributed by atoms with Gasteiger partial charge in [0.1, 0.15) is 11.8 Å². The third-order valence-electron chi connectivity index (χ3n) is 3.39. The maximum atomic E-state index is 12.1. The Kier molecular flexibility index (Phi) is 4.63. The summed E-state index contributed by atoms with van der Waals surface area (Å²) in [6.07, 6.45) is 1.56. The maximum Gasteiger partial charge on any atom is 0.242 e. The normalized spacial score (nSPS) is 19.8. The molecule has 1 fully saturated rings. The van der Waals surface area contributed by atoms with Gasteiger partial charge in [-0.05, 0) is 31.5 Å². The third-order valence-corrected chi connectivity index (χ3v) is 3.39. The van der Waals surface area contributed by atoms with Gasteiger partial charge in [-0.3, -0.25) is 4.79 Å². The first-order valence-electron chi connectivity index (χ1n) is 6.65. The van der Waals surface area contributed by atoms with Gasteiger partial charge in [0.25, 0.3) is 0 Å².